The molecule has 3 aliphatic heterocycles. The van der Waals surface area contributed by atoms with Crippen LogP contribution in [-0.2, 0) is 19.1 Å². The Morgan fingerprint density at radius 1 is 1.16 bits per heavy atom. The van der Waals surface area contributed by atoms with E-state index in [1.54, 1.807) is 0 Å². The van der Waals surface area contributed by atoms with Gasteiger partial charge in [-0.15, -0.1) is 0 Å². The second kappa shape index (κ2) is 6.77. The van der Waals surface area contributed by atoms with Crippen molar-refractivity contribution in [2.45, 2.75) is 24.9 Å². The van der Waals surface area contributed by atoms with Crippen LogP contribution in [0.25, 0.3) is 0 Å². The van der Waals surface area contributed by atoms with Crippen LogP contribution in [-0.4, -0.2) is 61.8 Å². The topological polar surface area (TPSA) is 59.1 Å². The van der Waals surface area contributed by atoms with Gasteiger partial charge >= 0.3 is 0 Å². The molecule has 3 aliphatic rings. The van der Waals surface area contributed by atoms with Crippen molar-refractivity contribution in [1.82, 2.24) is 4.90 Å². The van der Waals surface area contributed by atoms with Crippen molar-refractivity contribution in [3.8, 4) is 0 Å². The van der Waals surface area contributed by atoms with Crippen LogP contribution >= 0.6 is 0 Å². The van der Waals surface area contributed by atoms with Crippen LogP contribution in [0, 0.1) is 5.92 Å². The molecule has 25 heavy (non-hydrogen) atoms. The number of rotatable bonds is 2. The summed E-state index contributed by atoms with van der Waals surface area (Å²) in [6.45, 7) is 3.28. The molecular weight excluding hydrogens is 320 g/mol. The van der Waals surface area contributed by atoms with Crippen LogP contribution in [0.2, 0.25) is 0 Å². The molecule has 1 aromatic carbocycles. The lowest BCUT2D eigenvalue weighted by Gasteiger charge is -2.47. The molecule has 6 nitrogen and oxygen atoms in total. The van der Waals surface area contributed by atoms with E-state index in [-0.39, 0.29) is 29.9 Å². The number of likely N-dealkylation sites (tertiary alicyclic amines) is 1. The smallest absolute Gasteiger partial charge is 0.253 e. The molecule has 0 radical (unpaired) electrons. The van der Waals surface area contributed by atoms with Crippen LogP contribution in [0.15, 0.2) is 30.3 Å². The molecule has 1 atom stereocenters. The number of amides is 2. The summed E-state index contributed by atoms with van der Waals surface area (Å²) < 4.78 is 11.3. The third kappa shape index (κ3) is 3.28. The average Bonchev–Trinajstić information content (AvgIpc) is 3.20. The van der Waals surface area contributed by atoms with Gasteiger partial charge in [-0.05, 0) is 31.4 Å². The minimum atomic E-state index is -0.341. The Labute approximate surface area is 147 Å². The molecule has 6 heteroatoms. The number of para-hydroxylation sites is 1. The molecule has 134 valence electrons. The summed E-state index contributed by atoms with van der Waals surface area (Å²) in [5.41, 5.74) is 0.573. The van der Waals surface area contributed by atoms with Crippen LogP contribution in [0.4, 0.5) is 5.69 Å². The number of carbonyl (C=O) groups excluding carboxylic acids is 2. The molecule has 0 aromatic heterocycles. The normalized spacial score (nSPS) is 26.2. The Hall–Kier alpha value is -1.92. The van der Waals surface area contributed by atoms with E-state index in [0.29, 0.717) is 32.8 Å². The molecule has 0 saturated carbocycles. The maximum absolute atomic E-state index is 12.6. The fraction of sp³-hybridized carbons (Fsp3) is 0.579. The monoisotopic (exact) mass is 344 g/mol. The van der Waals surface area contributed by atoms with E-state index < -0.39 is 0 Å². The van der Waals surface area contributed by atoms with Gasteiger partial charge in [-0.2, -0.15) is 0 Å². The first-order valence-corrected chi connectivity index (χ1v) is 9.03. The molecule has 3 fully saturated rings. The standard InChI is InChI=1S/C19H24N2O4/c22-17-13-25-19(14-21(17)16-4-2-1-3-5-16)7-9-20(10-8-19)18(23)15-6-11-24-12-15/h1-5,15H,6-14H2. The number of hydrogen-bond acceptors (Lipinski definition) is 4. The summed E-state index contributed by atoms with van der Waals surface area (Å²) in [6.07, 6.45) is 2.36. The lowest BCUT2D eigenvalue weighted by molar-refractivity contribution is -0.152. The van der Waals surface area contributed by atoms with Gasteiger partial charge in [0.1, 0.15) is 6.61 Å². The van der Waals surface area contributed by atoms with Gasteiger partial charge in [0.15, 0.2) is 0 Å². The lowest BCUT2D eigenvalue weighted by Crippen LogP contribution is -2.59. The number of benzene rings is 1. The molecule has 0 aliphatic carbocycles. The Morgan fingerprint density at radius 3 is 2.60 bits per heavy atom. The Morgan fingerprint density at radius 2 is 1.92 bits per heavy atom. The van der Waals surface area contributed by atoms with Crippen molar-refractivity contribution in [3.05, 3.63) is 30.3 Å². The van der Waals surface area contributed by atoms with E-state index in [1.165, 1.54) is 0 Å². The van der Waals surface area contributed by atoms with Gasteiger partial charge < -0.3 is 19.3 Å². The molecule has 1 unspecified atom stereocenters. The van der Waals surface area contributed by atoms with Crippen molar-refractivity contribution >= 4 is 17.5 Å². The maximum Gasteiger partial charge on any atom is 0.253 e. The van der Waals surface area contributed by atoms with Crippen molar-refractivity contribution in [2.75, 3.05) is 44.4 Å². The first kappa shape index (κ1) is 16.5. The Bertz CT molecular complexity index is 634. The van der Waals surface area contributed by atoms with Crippen molar-refractivity contribution in [1.29, 1.82) is 0 Å². The number of ether oxygens (including phenoxy) is 2. The summed E-state index contributed by atoms with van der Waals surface area (Å²) in [6, 6.07) is 9.73. The molecule has 0 bridgehead atoms. The number of nitrogens with zero attached hydrogens (tertiary/aromatic N) is 2. The quantitative estimate of drug-likeness (QED) is 0.815. The number of carbonyl (C=O) groups is 2. The Balaban J connectivity index is 1.41. The SMILES string of the molecule is O=C(C1CCOC1)N1CCC2(CC1)CN(c1ccccc1)C(=O)CO2. The molecule has 2 amide bonds. The van der Waals surface area contributed by atoms with E-state index >= 15 is 0 Å². The first-order valence-electron chi connectivity index (χ1n) is 9.03. The van der Waals surface area contributed by atoms with Crippen LogP contribution in [0.1, 0.15) is 19.3 Å². The first-order chi connectivity index (χ1) is 12.2. The van der Waals surface area contributed by atoms with Crippen molar-refractivity contribution in [2.24, 2.45) is 5.92 Å². The van der Waals surface area contributed by atoms with Crippen molar-refractivity contribution < 1.29 is 19.1 Å². The summed E-state index contributed by atoms with van der Waals surface area (Å²) in [5.74, 6) is 0.223. The lowest BCUT2D eigenvalue weighted by atomic mass is 9.88. The zero-order valence-electron chi connectivity index (χ0n) is 14.4. The molecule has 3 heterocycles. The highest BCUT2D eigenvalue weighted by molar-refractivity contribution is 5.95. The molecule has 3 saturated heterocycles. The van der Waals surface area contributed by atoms with Crippen LogP contribution < -0.4 is 4.90 Å². The maximum atomic E-state index is 12.6. The highest BCUT2D eigenvalue weighted by Gasteiger charge is 2.44. The molecule has 0 N–H and O–H groups in total. The molecule has 1 aromatic rings. The molecule has 1 spiro atoms. The van der Waals surface area contributed by atoms with Gasteiger partial charge in [0.2, 0.25) is 5.91 Å². The van der Waals surface area contributed by atoms with Gasteiger partial charge in [0.25, 0.3) is 5.91 Å². The van der Waals surface area contributed by atoms with Gasteiger partial charge in [-0.25, -0.2) is 0 Å². The minimum absolute atomic E-state index is 0.00145. The number of anilines is 1. The molecule has 4 rings (SSSR count). The van der Waals surface area contributed by atoms with E-state index in [4.69, 9.17) is 9.47 Å². The van der Waals surface area contributed by atoms with Crippen molar-refractivity contribution in [3.63, 3.8) is 0 Å². The van der Waals surface area contributed by atoms with E-state index in [2.05, 4.69) is 0 Å². The predicted octanol–water partition coefficient (Wildman–Crippen LogP) is 1.45. The van der Waals surface area contributed by atoms with Gasteiger partial charge in [0, 0.05) is 25.4 Å². The summed E-state index contributed by atoms with van der Waals surface area (Å²) in [7, 11) is 0. The van der Waals surface area contributed by atoms with Crippen LogP contribution in [0.5, 0.6) is 0 Å². The highest BCUT2D eigenvalue weighted by atomic mass is 16.5. The minimum Gasteiger partial charge on any atom is -0.381 e. The summed E-state index contributed by atoms with van der Waals surface area (Å²) in [4.78, 5) is 28.6. The Kier molecular flexibility index (Phi) is 4.48. The zero-order chi connectivity index (χ0) is 17.3. The second-order valence-electron chi connectivity index (χ2n) is 7.17. The molecular formula is C19H24N2O4. The van der Waals surface area contributed by atoms with Gasteiger partial charge in [0.05, 0.1) is 24.7 Å². The summed E-state index contributed by atoms with van der Waals surface area (Å²) >= 11 is 0. The van der Waals surface area contributed by atoms with E-state index in [0.717, 1.165) is 24.9 Å². The largest absolute Gasteiger partial charge is 0.381 e. The zero-order valence-corrected chi connectivity index (χ0v) is 14.4. The van der Waals surface area contributed by atoms with Gasteiger partial charge in [-0.1, -0.05) is 18.2 Å². The third-order valence-electron chi connectivity index (χ3n) is 5.58. The number of hydrogen-bond donors (Lipinski definition) is 0. The fourth-order valence-electron chi connectivity index (χ4n) is 3.98. The average molecular weight is 344 g/mol. The van der Waals surface area contributed by atoms with Gasteiger partial charge in [-0.3, -0.25) is 9.59 Å². The van der Waals surface area contributed by atoms with E-state index in [1.807, 2.05) is 40.1 Å². The highest BCUT2D eigenvalue weighted by Crippen LogP contribution is 2.33. The fourth-order valence-corrected chi connectivity index (χ4v) is 3.98. The predicted molar refractivity (Wildman–Crippen MR) is 92.2 cm³/mol. The third-order valence-corrected chi connectivity index (χ3v) is 5.58. The van der Waals surface area contributed by atoms with E-state index in [9.17, 15) is 9.59 Å². The number of piperidine rings is 1. The summed E-state index contributed by atoms with van der Waals surface area (Å²) in [5, 5.41) is 0. The number of morpholine rings is 1. The van der Waals surface area contributed by atoms with Crippen LogP contribution in [0.3, 0.4) is 0 Å². The second-order valence-corrected chi connectivity index (χ2v) is 7.17.